The topological polar surface area (TPSA) is 74.8 Å². The number of aromatic amines is 1. The van der Waals surface area contributed by atoms with Crippen LogP contribution in [-0.2, 0) is 17.4 Å². The first kappa shape index (κ1) is 19.6. The lowest BCUT2D eigenvalue weighted by molar-refractivity contribution is -0.137. The monoisotopic (exact) mass is 407 g/mol. The van der Waals surface area contributed by atoms with Crippen LogP contribution in [0.15, 0.2) is 59.5 Å². The zero-order valence-corrected chi connectivity index (χ0v) is 14.9. The molecule has 144 valence electrons. The van der Waals surface area contributed by atoms with Crippen molar-refractivity contribution in [3.63, 3.8) is 0 Å². The number of alkyl halides is 3. The predicted molar refractivity (Wildman–Crippen MR) is 99.1 cm³/mol. The first-order chi connectivity index (χ1) is 13.2. The van der Waals surface area contributed by atoms with E-state index in [9.17, 15) is 22.8 Å². The van der Waals surface area contributed by atoms with Gasteiger partial charge in [0.1, 0.15) is 5.82 Å². The van der Waals surface area contributed by atoms with Crippen molar-refractivity contribution in [3.8, 4) is 11.4 Å². The molecule has 0 saturated carbocycles. The molecule has 1 heterocycles. The molecule has 0 spiro atoms. The van der Waals surface area contributed by atoms with Gasteiger partial charge < -0.3 is 10.3 Å². The Morgan fingerprint density at radius 2 is 1.79 bits per heavy atom. The highest BCUT2D eigenvalue weighted by molar-refractivity contribution is 6.30. The van der Waals surface area contributed by atoms with E-state index in [-0.39, 0.29) is 17.1 Å². The van der Waals surface area contributed by atoms with Gasteiger partial charge in [0, 0.05) is 22.3 Å². The maximum absolute atomic E-state index is 13.0. The quantitative estimate of drug-likeness (QED) is 0.677. The van der Waals surface area contributed by atoms with Gasteiger partial charge in [-0.3, -0.25) is 9.59 Å². The number of hydrogen-bond donors (Lipinski definition) is 2. The molecule has 0 saturated heterocycles. The molecule has 0 aliphatic carbocycles. The molecule has 0 fully saturated rings. The van der Waals surface area contributed by atoms with Crippen LogP contribution in [0.4, 0.5) is 18.9 Å². The molecule has 1 amide bonds. The molecule has 2 aromatic carbocycles. The Balaban J connectivity index is 1.77. The SMILES string of the molecule is O=C(Cc1cnc(-c2ccc(Cl)cc2)[nH]c1=O)Nc1ccccc1C(F)(F)F. The van der Waals surface area contributed by atoms with E-state index in [0.29, 0.717) is 10.6 Å². The Morgan fingerprint density at radius 1 is 1.11 bits per heavy atom. The van der Waals surface area contributed by atoms with Crippen LogP contribution in [0.2, 0.25) is 5.02 Å². The van der Waals surface area contributed by atoms with E-state index >= 15 is 0 Å². The number of nitrogens with zero attached hydrogens (tertiary/aromatic N) is 1. The number of carbonyl (C=O) groups excluding carboxylic acids is 1. The third-order valence-corrected chi connectivity index (χ3v) is 4.10. The highest BCUT2D eigenvalue weighted by Crippen LogP contribution is 2.34. The molecular weight excluding hydrogens is 395 g/mol. The molecule has 2 N–H and O–H groups in total. The molecule has 3 rings (SSSR count). The number of hydrogen-bond acceptors (Lipinski definition) is 3. The Kier molecular flexibility index (Phi) is 5.51. The number of H-pyrrole nitrogens is 1. The molecule has 28 heavy (non-hydrogen) atoms. The lowest BCUT2D eigenvalue weighted by Crippen LogP contribution is -2.23. The summed E-state index contributed by atoms with van der Waals surface area (Å²) in [4.78, 5) is 31.0. The van der Waals surface area contributed by atoms with Gasteiger partial charge in [-0.15, -0.1) is 0 Å². The van der Waals surface area contributed by atoms with E-state index in [2.05, 4.69) is 15.3 Å². The summed E-state index contributed by atoms with van der Waals surface area (Å²) in [5.74, 6) is -0.475. The number of para-hydroxylation sites is 1. The van der Waals surface area contributed by atoms with Gasteiger partial charge in [0.05, 0.1) is 17.7 Å². The number of rotatable bonds is 4. The predicted octanol–water partition coefficient (Wildman–Crippen LogP) is 4.29. The number of nitrogens with one attached hydrogen (secondary N) is 2. The van der Waals surface area contributed by atoms with Crippen LogP contribution in [0, 0.1) is 0 Å². The second kappa shape index (κ2) is 7.85. The minimum atomic E-state index is -4.61. The molecule has 0 aliphatic heterocycles. The summed E-state index contributed by atoms with van der Waals surface area (Å²) in [6.07, 6.45) is -3.81. The minimum Gasteiger partial charge on any atom is -0.325 e. The van der Waals surface area contributed by atoms with Crippen molar-refractivity contribution in [2.24, 2.45) is 0 Å². The third-order valence-electron chi connectivity index (χ3n) is 3.85. The van der Waals surface area contributed by atoms with Crippen molar-refractivity contribution in [1.82, 2.24) is 9.97 Å². The maximum atomic E-state index is 13.0. The van der Waals surface area contributed by atoms with Crippen LogP contribution in [0.1, 0.15) is 11.1 Å². The van der Waals surface area contributed by atoms with Crippen LogP contribution in [0.25, 0.3) is 11.4 Å². The third kappa shape index (κ3) is 4.58. The molecule has 0 bridgehead atoms. The minimum absolute atomic E-state index is 0.0275. The maximum Gasteiger partial charge on any atom is 0.418 e. The number of amides is 1. The fourth-order valence-electron chi connectivity index (χ4n) is 2.51. The van der Waals surface area contributed by atoms with Gasteiger partial charge in [-0.25, -0.2) is 4.98 Å². The lowest BCUT2D eigenvalue weighted by atomic mass is 10.1. The second-order valence-electron chi connectivity index (χ2n) is 5.86. The van der Waals surface area contributed by atoms with Gasteiger partial charge >= 0.3 is 6.18 Å². The highest BCUT2D eigenvalue weighted by atomic mass is 35.5. The first-order valence-electron chi connectivity index (χ1n) is 8.04. The highest BCUT2D eigenvalue weighted by Gasteiger charge is 2.33. The van der Waals surface area contributed by atoms with E-state index in [1.54, 1.807) is 24.3 Å². The zero-order chi connectivity index (χ0) is 20.3. The number of halogens is 4. The standard InChI is InChI=1S/C19H13ClF3N3O2/c20-13-7-5-11(6-8-13)17-24-10-12(18(28)26-17)9-16(27)25-15-4-2-1-3-14(15)19(21,22)23/h1-8,10H,9H2,(H,25,27)(H,24,26,28). The first-order valence-corrected chi connectivity index (χ1v) is 8.42. The van der Waals surface area contributed by atoms with Crippen molar-refractivity contribution in [2.75, 3.05) is 5.32 Å². The number of benzene rings is 2. The summed E-state index contributed by atoms with van der Waals surface area (Å²) >= 11 is 5.81. The summed E-state index contributed by atoms with van der Waals surface area (Å²) in [5.41, 5.74) is -1.24. The molecule has 3 aromatic rings. The summed E-state index contributed by atoms with van der Waals surface area (Å²) in [6.45, 7) is 0. The molecule has 0 unspecified atom stereocenters. The average Bonchev–Trinajstić information content (AvgIpc) is 2.63. The average molecular weight is 408 g/mol. The van der Waals surface area contributed by atoms with Crippen LogP contribution in [0.3, 0.4) is 0 Å². The molecule has 5 nitrogen and oxygen atoms in total. The van der Waals surface area contributed by atoms with E-state index in [1.165, 1.54) is 18.3 Å². The summed E-state index contributed by atoms with van der Waals surface area (Å²) in [7, 11) is 0. The van der Waals surface area contributed by atoms with Crippen LogP contribution >= 0.6 is 11.6 Å². The summed E-state index contributed by atoms with van der Waals surface area (Å²) < 4.78 is 39.0. The second-order valence-corrected chi connectivity index (χ2v) is 6.30. The molecular formula is C19H13ClF3N3O2. The van der Waals surface area contributed by atoms with Crippen molar-refractivity contribution < 1.29 is 18.0 Å². The van der Waals surface area contributed by atoms with Gasteiger partial charge in [-0.2, -0.15) is 13.2 Å². The van der Waals surface area contributed by atoms with Crippen LogP contribution in [0.5, 0.6) is 0 Å². The zero-order valence-electron chi connectivity index (χ0n) is 14.2. The van der Waals surface area contributed by atoms with E-state index in [4.69, 9.17) is 11.6 Å². The molecule has 0 aliphatic rings. The normalized spacial score (nSPS) is 11.3. The molecule has 9 heteroatoms. The van der Waals surface area contributed by atoms with Crippen molar-refractivity contribution in [3.05, 3.63) is 81.2 Å². The van der Waals surface area contributed by atoms with Gasteiger partial charge in [-0.1, -0.05) is 23.7 Å². The van der Waals surface area contributed by atoms with Gasteiger partial charge in [0.2, 0.25) is 5.91 Å². The molecule has 0 atom stereocenters. The summed E-state index contributed by atoms with van der Waals surface area (Å²) in [6, 6.07) is 11.2. The van der Waals surface area contributed by atoms with Gasteiger partial charge in [0.25, 0.3) is 5.56 Å². The smallest absolute Gasteiger partial charge is 0.325 e. The fraction of sp³-hybridized carbons (Fsp3) is 0.105. The Bertz CT molecular complexity index is 1060. The van der Waals surface area contributed by atoms with Crippen molar-refractivity contribution in [2.45, 2.75) is 12.6 Å². The number of carbonyl (C=O) groups is 1. The van der Waals surface area contributed by atoms with Gasteiger partial charge in [0.15, 0.2) is 0 Å². The largest absolute Gasteiger partial charge is 0.418 e. The molecule has 1 aromatic heterocycles. The lowest BCUT2D eigenvalue weighted by Gasteiger charge is -2.13. The fourth-order valence-corrected chi connectivity index (χ4v) is 2.63. The number of aromatic nitrogens is 2. The van der Waals surface area contributed by atoms with Gasteiger partial charge in [-0.05, 0) is 36.4 Å². The number of anilines is 1. The Morgan fingerprint density at radius 3 is 2.43 bits per heavy atom. The van der Waals surface area contributed by atoms with Crippen molar-refractivity contribution in [1.29, 1.82) is 0 Å². The van der Waals surface area contributed by atoms with E-state index < -0.39 is 29.6 Å². The molecule has 0 radical (unpaired) electrons. The summed E-state index contributed by atoms with van der Waals surface area (Å²) in [5, 5.41) is 2.72. The van der Waals surface area contributed by atoms with E-state index in [0.717, 1.165) is 12.1 Å². The van der Waals surface area contributed by atoms with Crippen molar-refractivity contribution >= 4 is 23.2 Å². The van der Waals surface area contributed by atoms with Crippen LogP contribution < -0.4 is 10.9 Å². The Hall–Kier alpha value is -3.13. The Labute approximate surface area is 162 Å². The van der Waals surface area contributed by atoms with E-state index in [1.807, 2.05) is 0 Å². The van der Waals surface area contributed by atoms with Crippen LogP contribution in [-0.4, -0.2) is 15.9 Å².